The maximum Gasteiger partial charge on any atom is 0.0651 e. The fourth-order valence-corrected chi connectivity index (χ4v) is 1.32. The van der Waals surface area contributed by atoms with Gasteiger partial charge in [-0.1, -0.05) is 30.4 Å². The summed E-state index contributed by atoms with van der Waals surface area (Å²) in [5, 5.41) is 0. The summed E-state index contributed by atoms with van der Waals surface area (Å²) in [5.41, 5.74) is 1.15. The van der Waals surface area contributed by atoms with Gasteiger partial charge in [0.05, 0.1) is 6.54 Å². The van der Waals surface area contributed by atoms with Gasteiger partial charge >= 0.3 is 0 Å². The largest absolute Gasteiger partial charge is 0.292 e. The zero-order valence-corrected chi connectivity index (χ0v) is 7.88. The molecule has 0 radical (unpaired) electrons. The molecular weight excluding hydrogens is 172 g/mol. The smallest absolute Gasteiger partial charge is 0.0651 e. The van der Waals surface area contributed by atoms with E-state index < -0.39 is 0 Å². The lowest BCUT2D eigenvalue weighted by atomic mass is 10.2. The Morgan fingerprint density at radius 3 is 2.93 bits per heavy atom. The van der Waals surface area contributed by atoms with Crippen LogP contribution in [0.1, 0.15) is 5.56 Å². The molecule has 1 heterocycles. The van der Waals surface area contributed by atoms with Crippen LogP contribution in [0.3, 0.4) is 0 Å². The van der Waals surface area contributed by atoms with E-state index in [4.69, 9.17) is 0 Å². The minimum atomic E-state index is 0.381. The summed E-state index contributed by atoms with van der Waals surface area (Å²) in [6, 6.07) is 3.96. The highest BCUT2D eigenvalue weighted by Gasteiger charge is 1.97. The van der Waals surface area contributed by atoms with Gasteiger partial charge in [0.25, 0.3) is 0 Å². The van der Waals surface area contributed by atoms with Crippen molar-refractivity contribution in [3.63, 3.8) is 0 Å². The minimum Gasteiger partial charge on any atom is -0.292 e. The summed E-state index contributed by atoms with van der Waals surface area (Å²) in [6.45, 7) is 0.714. The molecule has 1 aromatic rings. The van der Waals surface area contributed by atoms with E-state index in [-0.39, 0.29) is 0 Å². The monoisotopic (exact) mass is 184 g/mol. The Labute approximate surface area is 83.7 Å². The molecule has 70 valence electrons. The first-order valence-corrected chi connectivity index (χ1v) is 4.69. The molecule has 0 spiro atoms. The van der Waals surface area contributed by atoms with Crippen LogP contribution in [0.4, 0.5) is 0 Å². The Kier molecular flexibility index (Phi) is 2.86. The van der Waals surface area contributed by atoms with Crippen molar-refractivity contribution in [1.82, 2.24) is 4.98 Å². The molecule has 0 amide bonds. The van der Waals surface area contributed by atoms with Gasteiger partial charge in [0.15, 0.2) is 0 Å². The molecule has 0 saturated heterocycles. The van der Waals surface area contributed by atoms with Crippen molar-refractivity contribution in [2.24, 2.45) is 10.9 Å². The van der Waals surface area contributed by atoms with E-state index in [0.717, 1.165) is 5.56 Å². The van der Waals surface area contributed by atoms with Crippen molar-refractivity contribution >= 4 is 6.21 Å². The van der Waals surface area contributed by atoms with Gasteiger partial charge < -0.3 is 0 Å². The molecule has 0 aromatic carbocycles. The van der Waals surface area contributed by atoms with E-state index in [1.165, 1.54) is 0 Å². The predicted molar refractivity (Wildman–Crippen MR) is 58.2 cm³/mol. The van der Waals surface area contributed by atoms with Gasteiger partial charge in [-0.05, 0) is 11.6 Å². The van der Waals surface area contributed by atoms with Gasteiger partial charge in [0, 0.05) is 24.5 Å². The zero-order chi connectivity index (χ0) is 9.64. The highest BCUT2D eigenvalue weighted by Crippen LogP contribution is 2.06. The zero-order valence-electron chi connectivity index (χ0n) is 7.88. The van der Waals surface area contributed by atoms with Crippen molar-refractivity contribution in [3.05, 3.63) is 54.4 Å². The Morgan fingerprint density at radius 2 is 2.21 bits per heavy atom. The molecule has 1 aliphatic carbocycles. The van der Waals surface area contributed by atoms with E-state index >= 15 is 0 Å². The van der Waals surface area contributed by atoms with Crippen LogP contribution in [0.5, 0.6) is 0 Å². The Morgan fingerprint density at radius 1 is 1.36 bits per heavy atom. The molecule has 14 heavy (non-hydrogen) atoms. The first-order valence-electron chi connectivity index (χ1n) is 4.69. The third-order valence-corrected chi connectivity index (χ3v) is 2.05. The second-order valence-electron chi connectivity index (χ2n) is 3.20. The predicted octanol–water partition coefficient (Wildman–Crippen LogP) is 2.39. The molecule has 0 fully saturated rings. The van der Waals surface area contributed by atoms with E-state index in [2.05, 4.69) is 22.1 Å². The Balaban J connectivity index is 1.88. The second-order valence-corrected chi connectivity index (χ2v) is 3.20. The summed E-state index contributed by atoms with van der Waals surface area (Å²) < 4.78 is 0. The van der Waals surface area contributed by atoms with Crippen molar-refractivity contribution in [2.75, 3.05) is 0 Å². The standard InChI is InChI=1S/C12H12N2/c1-2-5-11(4-1)8-14-10-12-6-3-7-13-9-12/h1-9,11H,10H2. The van der Waals surface area contributed by atoms with Gasteiger partial charge in [0.2, 0.25) is 0 Å². The average Bonchev–Trinajstić information content (AvgIpc) is 2.72. The lowest BCUT2D eigenvalue weighted by Gasteiger charge is -1.96. The number of hydrogen-bond acceptors (Lipinski definition) is 2. The Hall–Kier alpha value is -1.70. The molecule has 0 aliphatic heterocycles. The number of aromatic nitrogens is 1. The van der Waals surface area contributed by atoms with Crippen LogP contribution in [0.2, 0.25) is 0 Å². The van der Waals surface area contributed by atoms with Crippen LogP contribution in [0.15, 0.2) is 53.8 Å². The average molecular weight is 184 g/mol. The van der Waals surface area contributed by atoms with Crippen LogP contribution in [-0.4, -0.2) is 11.2 Å². The maximum absolute atomic E-state index is 4.36. The van der Waals surface area contributed by atoms with Crippen LogP contribution < -0.4 is 0 Å². The molecule has 0 unspecified atom stereocenters. The van der Waals surface area contributed by atoms with Crippen molar-refractivity contribution in [2.45, 2.75) is 6.54 Å². The van der Waals surface area contributed by atoms with Gasteiger partial charge in [-0.3, -0.25) is 9.98 Å². The lowest BCUT2D eigenvalue weighted by Crippen LogP contribution is -1.91. The molecule has 1 aromatic heterocycles. The summed E-state index contributed by atoms with van der Waals surface area (Å²) >= 11 is 0. The molecule has 0 bridgehead atoms. The first-order chi connectivity index (χ1) is 6.95. The van der Waals surface area contributed by atoms with E-state index in [0.29, 0.717) is 12.5 Å². The van der Waals surface area contributed by atoms with Crippen LogP contribution in [0.25, 0.3) is 0 Å². The number of hydrogen-bond donors (Lipinski definition) is 0. The summed E-state index contributed by atoms with van der Waals surface area (Å²) in [6.07, 6.45) is 13.9. The van der Waals surface area contributed by atoms with Crippen LogP contribution >= 0.6 is 0 Å². The van der Waals surface area contributed by atoms with Gasteiger partial charge in [-0.2, -0.15) is 0 Å². The fraction of sp³-hybridized carbons (Fsp3) is 0.167. The summed E-state index contributed by atoms with van der Waals surface area (Å²) in [4.78, 5) is 8.39. The highest BCUT2D eigenvalue weighted by molar-refractivity contribution is 5.67. The molecule has 0 N–H and O–H groups in total. The quantitative estimate of drug-likeness (QED) is 0.662. The van der Waals surface area contributed by atoms with Gasteiger partial charge in [0.1, 0.15) is 0 Å². The van der Waals surface area contributed by atoms with Crippen LogP contribution in [-0.2, 0) is 6.54 Å². The van der Waals surface area contributed by atoms with Gasteiger partial charge in [-0.25, -0.2) is 0 Å². The molecular formula is C12H12N2. The van der Waals surface area contributed by atoms with E-state index in [1.807, 2.05) is 36.7 Å². The molecule has 2 rings (SSSR count). The number of allylic oxidation sites excluding steroid dienone is 4. The molecule has 0 atom stereocenters. The van der Waals surface area contributed by atoms with E-state index in [1.54, 1.807) is 6.20 Å². The SMILES string of the molecule is C1=CC(C=NCc2cccnc2)C=C1. The normalized spacial score (nSPS) is 15.7. The molecule has 2 nitrogen and oxygen atoms in total. The number of aliphatic imine (C=N–C) groups is 1. The Bertz CT molecular complexity index is 351. The van der Waals surface area contributed by atoms with Gasteiger partial charge in [-0.15, -0.1) is 0 Å². The third-order valence-electron chi connectivity index (χ3n) is 2.05. The van der Waals surface area contributed by atoms with Crippen molar-refractivity contribution < 1.29 is 0 Å². The molecule has 0 saturated carbocycles. The number of rotatable bonds is 3. The number of pyridine rings is 1. The topological polar surface area (TPSA) is 25.2 Å². The molecule has 1 aliphatic rings. The van der Waals surface area contributed by atoms with E-state index in [9.17, 15) is 0 Å². The second kappa shape index (κ2) is 4.51. The summed E-state index contributed by atoms with van der Waals surface area (Å²) in [7, 11) is 0. The van der Waals surface area contributed by atoms with Crippen LogP contribution in [0, 0.1) is 5.92 Å². The minimum absolute atomic E-state index is 0.381. The fourth-order valence-electron chi connectivity index (χ4n) is 1.32. The third kappa shape index (κ3) is 2.39. The summed E-state index contributed by atoms with van der Waals surface area (Å²) in [5.74, 6) is 0.381. The van der Waals surface area contributed by atoms with Crippen molar-refractivity contribution in [3.8, 4) is 0 Å². The maximum atomic E-state index is 4.36. The highest BCUT2D eigenvalue weighted by atomic mass is 14.7. The van der Waals surface area contributed by atoms with Crippen molar-refractivity contribution in [1.29, 1.82) is 0 Å². The lowest BCUT2D eigenvalue weighted by molar-refractivity contribution is 1.03. The first kappa shape index (κ1) is 8.88. The number of nitrogens with zero attached hydrogens (tertiary/aromatic N) is 2. The molecule has 2 heteroatoms.